The van der Waals surface area contributed by atoms with Gasteiger partial charge in [-0.2, -0.15) is 0 Å². The Balaban J connectivity index is 1.83. The summed E-state index contributed by atoms with van der Waals surface area (Å²) in [7, 11) is 3.04. The number of ether oxygens (including phenoxy) is 4. The number of hydrogen-bond acceptors (Lipinski definition) is 5. The number of carbonyl (C=O) groups is 1. The average molecular weight is 405 g/mol. The lowest BCUT2D eigenvalue weighted by atomic mass is 10.1. The second-order valence-corrected chi connectivity index (χ2v) is 6.68. The molecule has 6 nitrogen and oxygen atoms in total. The largest absolute Gasteiger partial charge is 0.493 e. The fourth-order valence-electron chi connectivity index (χ4n) is 2.62. The molecule has 0 bridgehead atoms. The maximum atomic E-state index is 12.9. The van der Waals surface area contributed by atoms with E-state index in [9.17, 15) is 9.18 Å². The van der Waals surface area contributed by atoms with Crippen LogP contribution >= 0.6 is 0 Å². The van der Waals surface area contributed by atoms with E-state index in [-0.39, 0.29) is 24.4 Å². The van der Waals surface area contributed by atoms with Gasteiger partial charge in [0, 0.05) is 13.7 Å². The Morgan fingerprint density at radius 1 is 1.07 bits per heavy atom. The first-order valence-corrected chi connectivity index (χ1v) is 9.45. The summed E-state index contributed by atoms with van der Waals surface area (Å²) in [5.41, 5.74) is 1.01. The fourth-order valence-corrected chi connectivity index (χ4v) is 2.62. The Bertz CT molecular complexity index is 779. The highest BCUT2D eigenvalue weighted by molar-refractivity contribution is 5.80. The predicted molar refractivity (Wildman–Crippen MR) is 108 cm³/mol. The van der Waals surface area contributed by atoms with Crippen LogP contribution in [0.3, 0.4) is 0 Å². The third-order valence-corrected chi connectivity index (χ3v) is 4.10. The molecule has 158 valence electrons. The standard InChI is InChI=1S/C22H28FNO5/c1-15(2)29-19-10-5-16(13-20(19)26-3)11-12-24-22(25)21(27-4)14-28-18-8-6-17(23)7-9-18/h5-10,13,15,21H,11-12,14H2,1-4H3,(H,24,25)/t21-/m0/s1. The van der Waals surface area contributed by atoms with E-state index in [0.29, 0.717) is 30.2 Å². The zero-order chi connectivity index (χ0) is 21.2. The molecule has 0 aliphatic carbocycles. The number of halogens is 1. The van der Waals surface area contributed by atoms with Crippen LogP contribution in [0.2, 0.25) is 0 Å². The number of carbonyl (C=O) groups excluding carboxylic acids is 1. The van der Waals surface area contributed by atoms with Gasteiger partial charge in [0.25, 0.3) is 5.91 Å². The van der Waals surface area contributed by atoms with E-state index in [1.807, 2.05) is 32.0 Å². The summed E-state index contributed by atoms with van der Waals surface area (Å²) in [5.74, 6) is 1.19. The zero-order valence-corrected chi connectivity index (χ0v) is 17.2. The van der Waals surface area contributed by atoms with Gasteiger partial charge >= 0.3 is 0 Å². The van der Waals surface area contributed by atoms with Crippen molar-refractivity contribution in [2.45, 2.75) is 32.5 Å². The van der Waals surface area contributed by atoms with Crippen molar-refractivity contribution in [3.05, 3.63) is 53.8 Å². The lowest BCUT2D eigenvalue weighted by molar-refractivity contribution is -0.132. The second kappa shape index (κ2) is 11.3. The second-order valence-electron chi connectivity index (χ2n) is 6.68. The van der Waals surface area contributed by atoms with E-state index < -0.39 is 6.10 Å². The van der Waals surface area contributed by atoms with Gasteiger partial charge in [-0.25, -0.2) is 4.39 Å². The topological polar surface area (TPSA) is 66.0 Å². The Morgan fingerprint density at radius 3 is 2.41 bits per heavy atom. The first kappa shape index (κ1) is 22.5. The number of benzene rings is 2. The summed E-state index contributed by atoms with van der Waals surface area (Å²) in [4.78, 5) is 12.3. The predicted octanol–water partition coefficient (Wildman–Crippen LogP) is 3.37. The van der Waals surface area contributed by atoms with Crippen molar-refractivity contribution in [1.29, 1.82) is 0 Å². The van der Waals surface area contributed by atoms with Crippen LogP contribution in [0.25, 0.3) is 0 Å². The van der Waals surface area contributed by atoms with Crippen LogP contribution in [0.1, 0.15) is 19.4 Å². The Morgan fingerprint density at radius 2 is 1.79 bits per heavy atom. The van der Waals surface area contributed by atoms with Crippen molar-refractivity contribution in [1.82, 2.24) is 5.32 Å². The van der Waals surface area contributed by atoms with E-state index in [0.717, 1.165) is 5.56 Å². The maximum absolute atomic E-state index is 12.9. The molecule has 1 atom stereocenters. The molecule has 0 unspecified atom stereocenters. The minimum atomic E-state index is -0.767. The van der Waals surface area contributed by atoms with Crippen LogP contribution in [-0.4, -0.2) is 45.5 Å². The SMILES string of the molecule is COc1cc(CCNC(=O)[C@H](COc2ccc(F)cc2)OC)ccc1OC(C)C. The van der Waals surface area contributed by atoms with Gasteiger partial charge in [0.1, 0.15) is 18.2 Å². The van der Waals surface area contributed by atoms with Gasteiger partial charge in [0.15, 0.2) is 17.6 Å². The molecule has 0 saturated heterocycles. The van der Waals surface area contributed by atoms with Crippen molar-refractivity contribution in [3.63, 3.8) is 0 Å². The third kappa shape index (κ3) is 7.27. The normalized spacial score (nSPS) is 11.8. The molecule has 0 saturated carbocycles. The van der Waals surface area contributed by atoms with Crippen molar-refractivity contribution in [2.24, 2.45) is 0 Å². The minimum absolute atomic E-state index is 0.0308. The lowest BCUT2D eigenvalue weighted by Gasteiger charge is -2.17. The fraction of sp³-hybridized carbons (Fsp3) is 0.409. The summed E-state index contributed by atoms with van der Waals surface area (Å²) < 4.78 is 34.7. The Labute approximate surface area is 170 Å². The lowest BCUT2D eigenvalue weighted by Crippen LogP contribution is -2.40. The highest BCUT2D eigenvalue weighted by atomic mass is 19.1. The molecular weight excluding hydrogens is 377 g/mol. The van der Waals surface area contributed by atoms with Gasteiger partial charge in [-0.3, -0.25) is 4.79 Å². The molecule has 7 heteroatoms. The molecule has 0 fully saturated rings. The molecule has 0 aromatic heterocycles. The third-order valence-electron chi connectivity index (χ3n) is 4.10. The van der Waals surface area contributed by atoms with Crippen molar-refractivity contribution >= 4 is 5.91 Å². The van der Waals surface area contributed by atoms with Gasteiger partial charge < -0.3 is 24.3 Å². The molecule has 2 aromatic carbocycles. The summed E-state index contributed by atoms with van der Waals surface area (Å²) in [5, 5.41) is 2.84. The molecule has 0 aliphatic heterocycles. The summed E-state index contributed by atoms with van der Waals surface area (Å²) in [6.45, 7) is 4.37. The molecule has 0 heterocycles. The molecule has 29 heavy (non-hydrogen) atoms. The quantitative estimate of drug-likeness (QED) is 0.621. The molecule has 0 aliphatic rings. The molecule has 0 radical (unpaired) electrons. The maximum Gasteiger partial charge on any atom is 0.252 e. The highest BCUT2D eigenvalue weighted by Gasteiger charge is 2.18. The number of methoxy groups -OCH3 is 2. The average Bonchev–Trinajstić information content (AvgIpc) is 2.70. The van der Waals surface area contributed by atoms with E-state index in [1.54, 1.807) is 7.11 Å². The van der Waals surface area contributed by atoms with Crippen LogP contribution < -0.4 is 19.5 Å². The first-order valence-electron chi connectivity index (χ1n) is 9.45. The zero-order valence-electron chi connectivity index (χ0n) is 17.2. The molecule has 1 amide bonds. The van der Waals surface area contributed by atoms with Gasteiger partial charge in [-0.05, 0) is 62.2 Å². The minimum Gasteiger partial charge on any atom is -0.493 e. The van der Waals surface area contributed by atoms with Gasteiger partial charge in [0.05, 0.1) is 13.2 Å². The van der Waals surface area contributed by atoms with Crippen molar-refractivity contribution < 1.29 is 28.1 Å². The van der Waals surface area contributed by atoms with Crippen molar-refractivity contribution in [2.75, 3.05) is 27.4 Å². The van der Waals surface area contributed by atoms with E-state index in [4.69, 9.17) is 18.9 Å². The van der Waals surface area contributed by atoms with Gasteiger partial charge in [-0.1, -0.05) is 6.07 Å². The van der Waals surface area contributed by atoms with Crippen molar-refractivity contribution in [3.8, 4) is 17.2 Å². The van der Waals surface area contributed by atoms with Crippen LogP contribution in [-0.2, 0) is 16.0 Å². The molecule has 2 aromatic rings. The number of nitrogens with one attached hydrogen (secondary N) is 1. The van der Waals surface area contributed by atoms with Crippen LogP contribution in [0.15, 0.2) is 42.5 Å². The van der Waals surface area contributed by atoms with Crippen LogP contribution in [0.5, 0.6) is 17.2 Å². The van der Waals surface area contributed by atoms with Crippen LogP contribution in [0, 0.1) is 5.82 Å². The summed E-state index contributed by atoms with van der Waals surface area (Å²) in [6.07, 6.45) is -0.0900. The summed E-state index contributed by atoms with van der Waals surface area (Å²) in [6, 6.07) is 11.3. The molecule has 1 N–H and O–H groups in total. The summed E-state index contributed by atoms with van der Waals surface area (Å²) >= 11 is 0. The number of amides is 1. The first-order chi connectivity index (χ1) is 13.9. The number of hydrogen-bond donors (Lipinski definition) is 1. The van der Waals surface area contributed by atoms with E-state index in [1.165, 1.54) is 31.4 Å². The monoisotopic (exact) mass is 405 g/mol. The Kier molecular flexibility index (Phi) is 8.73. The van der Waals surface area contributed by atoms with Crippen LogP contribution in [0.4, 0.5) is 4.39 Å². The Hall–Kier alpha value is -2.80. The van der Waals surface area contributed by atoms with E-state index >= 15 is 0 Å². The highest BCUT2D eigenvalue weighted by Crippen LogP contribution is 2.29. The smallest absolute Gasteiger partial charge is 0.252 e. The molecule has 0 spiro atoms. The van der Waals surface area contributed by atoms with E-state index in [2.05, 4.69) is 5.32 Å². The number of rotatable bonds is 11. The molecule has 2 rings (SSSR count). The van der Waals surface area contributed by atoms with Gasteiger partial charge in [0.2, 0.25) is 0 Å². The molecular formula is C22H28FNO5. The van der Waals surface area contributed by atoms with Gasteiger partial charge in [-0.15, -0.1) is 0 Å².